The zero-order chi connectivity index (χ0) is 14.6. The first-order valence-electron chi connectivity index (χ1n) is 7.08. The third kappa shape index (κ3) is 2.14. The number of hydrogen-bond acceptors (Lipinski definition) is 1. The summed E-state index contributed by atoms with van der Waals surface area (Å²) in [7, 11) is 6.40. The molecule has 2 heterocycles. The van der Waals surface area contributed by atoms with E-state index in [1.807, 2.05) is 12.1 Å². The van der Waals surface area contributed by atoms with Crippen molar-refractivity contribution < 1.29 is 18.9 Å². The molecule has 0 aliphatic heterocycles. The van der Waals surface area contributed by atoms with Gasteiger partial charge in [-0.15, -0.1) is 24.3 Å². The Labute approximate surface area is 141 Å². The van der Waals surface area contributed by atoms with Gasteiger partial charge < -0.3 is 4.40 Å². The molecule has 0 saturated heterocycles. The Morgan fingerprint density at radius 2 is 1.73 bits per heavy atom. The summed E-state index contributed by atoms with van der Waals surface area (Å²) in [6.07, 6.45) is 2.14. The molecule has 2 aromatic carbocycles. The van der Waals surface area contributed by atoms with Crippen molar-refractivity contribution in [2.24, 2.45) is 0 Å². The largest absolute Gasteiger partial charge is 1.00 e. The van der Waals surface area contributed by atoms with E-state index in [4.69, 9.17) is 4.98 Å². The second-order valence-electron chi connectivity index (χ2n) is 6.28. The van der Waals surface area contributed by atoms with E-state index in [9.17, 15) is 0 Å². The van der Waals surface area contributed by atoms with Crippen molar-refractivity contribution in [3.05, 3.63) is 54.7 Å². The van der Waals surface area contributed by atoms with E-state index < -0.39 is 0 Å². The molecular weight excluding hydrogens is 265 g/mol. The van der Waals surface area contributed by atoms with Crippen LogP contribution in [0.2, 0.25) is 0 Å². The number of imidazole rings is 1. The fourth-order valence-electron chi connectivity index (χ4n) is 2.81. The fourth-order valence-corrected chi connectivity index (χ4v) is 2.81. The Bertz CT molecular complexity index is 907. The molecular formula is C18H17LiN3+. The molecule has 4 heteroatoms. The molecule has 4 aromatic rings. The number of nitrogens with zero attached hydrogens (tertiary/aromatic N) is 3. The van der Waals surface area contributed by atoms with Crippen molar-refractivity contribution in [1.82, 2.24) is 13.9 Å². The summed E-state index contributed by atoms with van der Waals surface area (Å²) in [5.74, 6) is 1.05. The maximum absolute atomic E-state index is 4.87. The monoisotopic (exact) mass is 282 g/mol. The van der Waals surface area contributed by atoms with Crippen LogP contribution in [0.4, 0.5) is 5.82 Å². The third-order valence-electron chi connectivity index (χ3n) is 3.91. The Hall–Kier alpha value is -1.79. The molecule has 0 unspecified atom stereocenters. The molecule has 2 aromatic heterocycles. The number of aromatic nitrogens is 2. The molecule has 0 aliphatic rings. The van der Waals surface area contributed by atoms with E-state index in [2.05, 4.69) is 68.1 Å². The SMILES string of the molecule is C[N+](C)(C)c1cn2c3ccccc3c3ccc[c-]c3c2n1.[Li+]. The number of hydrogen-bond donors (Lipinski definition) is 0. The van der Waals surface area contributed by atoms with Crippen molar-refractivity contribution in [3.8, 4) is 0 Å². The predicted molar refractivity (Wildman–Crippen MR) is 88.6 cm³/mol. The van der Waals surface area contributed by atoms with E-state index in [1.165, 1.54) is 16.3 Å². The van der Waals surface area contributed by atoms with Crippen LogP contribution in [0, 0.1) is 6.07 Å². The van der Waals surface area contributed by atoms with Crippen LogP contribution in [0.5, 0.6) is 0 Å². The van der Waals surface area contributed by atoms with Gasteiger partial charge in [0.2, 0.25) is 5.82 Å². The Kier molecular flexibility index (Phi) is 3.53. The summed E-state index contributed by atoms with van der Waals surface area (Å²) in [5, 5.41) is 3.53. The second kappa shape index (κ2) is 5.14. The van der Waals surface area contributed by atoms with Crippen molar-refractivity contribution in [2.75, 3.05) is 21.1 Å². The molecule has 0 amide bonds. The van der Waals surface area contributed by atoms with Crippen molar-refractivity contribution in [3.63, 3.8) is 0 Å². The first-order valence-corrected chi connectivity index (χ1v) is 7.08. The number of benzene rings is 2. The zero-order valence-electron chi connectivity index (χ0n) is 13.5. The molecule has 22 heavy (non-hydrogen) atoms. The van der Waals surface area contributed by atoms with Crippen LogP contribution >= 0.6 is 0 Å². The van der Waals surface area contributed by atoms with E-state index in [0.717, 1.165) is 16.9 Å². The smallest absolute Gasteiger partial charge is 0.335 e. The van der Waals surface area contributed by atoms with Crippen LogP contribution < -0.4 is 23.3 Å². The van der Waals surface area contributed by atoms with Crippen LogP contribution in [0.25, 0.3) is 27.3 Å². The van der Waals surface area contributed by atoms with Gasteiger partial charge in [0, 0.05) is 5.52 Å². The quantitative estimate of drug-likeness (QED) is 0.217. The standard InChI is InChI=1S/C18H17N3.Li/c1-21(2,3)17-12-20-16-11-7-6-9-14(16)13-8-4-5-10-15(13)18(20)19-17;/h4-9,11-12H,1-3H3;/q;+1. The van der Waals surface area contributed by atoms with Crippen LogP contribution in [0.1, 0.15) is 0 Å². The van der Waals surface area contributed by atoms with Gasteiger partial charge in [-0.25, -0.2) is 4.98 Å². The van der Waals surface area contributed by atoms with E-state index in [0.29, 0.717) is 4.48 Å². The first kappa shape index (κ1) is 15.1. The molecule has 0 bridgehead atoms. The summed E-state index contributed by atoms with van der Waals surface area (Å²) in [5.41, 5.74) is 2.17. The van der Waals surface area contributed by atoms with Gasteiger partial charge in [0.05, 0.1) is 33.0 Å². The van der Waals surface area contributed by atoms with Gasteiger partial charge in [-0.1, -0.05) is 29.0 Å². The summed E-state index contributed by atoms with van der Waals surface area (Å²) >= 11 is 0. The number of quaternary nitrogens is 1. The molecule has 0 atom stereocenters. The summed E-state index contributed by atoms with van der Waals surface area (Å²) in [6.45, 7) is 0. The molecule has 104 valence electrons. The molecule has 3 nitrogen and oxygen atoms in total. The normalized spacial score (nSPS) is 12.0. The minimum atomic E-state index is 0. The molecule has 0 saturated carbocycles. The molecule has 0 radical (unpaired) electrons. The topological polar surface area (TPSA) is 17.3 Å². The van der Waals surface area contributed by atoms with Crippen LogP contribution in [-0.4, -0.2) is 30.5 Å². The van der Waals surface area contributed by atoms with Gasteiger partial charge in [-0.2, -0.15) is 0 Å². The van der Waals surface area contributed by atoms with Gasteiger partial charge in [0.15, 0.2) is 0 Å². The maximum Gasteiger partial charge on any atom is 1.00 e. The molecule has 0 spiro atoms. The van der Waals surface area contributed by atoms with Gasteiger partial charge in [0.25, 0.3) is 0 Å². The minimum Gasteiger partial charge on any atom is -0.335 e. The van der Waals surface area contributed by atoms with Crippen molar-refractivity contribution >= 4 is 33.1 Å². The van der Waals surface area contributed by atoms with Crippen LogP contribution in [0.3, 0.4) is 0 Å². The Morgan fingerprint density at radius 1 is 1.00 bits per heavy atom. The molecule has 4 rings (SSSR count). The number of rotatable bonds is 1. The van der Waals surface area contributed by atoms with Crippen molar-refractivity contribution in [2.45, 2.75) is 0 Å². The first-order chi connectivity index (χ1) is 10.1. The number of fused-ring (bicyclic) bond motifs is 6. The van der Waals surface area contributed by atoms with Gasteiger partial charge in [0.1, 0.15) is 0 Å². The molecule has 0 fully saturated rings. The third-order valence-corrected chi connectivity index (χ3v) is 3.91. The summed E-state index contributed by atoms with van der Waals surface area (Å²) < 4.78 is 2.89. The molecule has 0 aliphatic carbocycles. The minimum absolute atomic E-state index is 0. The average Bonchev–Trinajstić information content (AvgIpc) is 2.93. The van der Waals surface area contributed by atoms with Gasteiger partial charge >= 0.3 is 18.9 Å². The van der Waals surface area contributed by atoms with Gasteiger partial charge in [-0.05, 0) is 11.5 Å². The van der Waals surface area contributed by atoms with E-state index in [1.54, 1.807) is 0 Å². The average molecular weight is 282 g/mol. The van der Waals surface area contributed by atoms with Crippen LogP contribution in [0.15, 0.2) is 48.7 Å². The van der Waals surface area contributed by atoms with Gasteiger partial charge in [-0.3, -0.25) is 4.48 Å². The summed E-state index contributed by atoms with van der Waals surface area (Å²) in [6, 6.07) is 18.0. The maximum atomic E-state index is 4.87. The van der Waals surface area contributed by atoms with E-state index in [-0.39, 0.29) is 18.9 Å². The Balaban J connectivity index is 0.00000144. The number of pyridine rings is 1. The van der Waals surface area contributed by atoms with Crippen LogP contribution in [-0.2, 0) is 0 Å². The molecule has 0 N–H and O–H groups in total. The number of para-hydroxylation sites is 1. The van der Waals surface area contributed by atoms with E-state index >= 15 is 0 Å². The predicted octanol–water partition coefficient (Wildman–Crippen LogP) is 0.642. The second-order valence-corrected chi connectivity index (χ2v) is 6.28. The Morgan fingerprint density at radius 3 is 2.50 bits per heavy atom. The zero-order valence-corrected chi connectivity index (χ0v) is 13.5. The summed E-state index contributed by atoms with van der Waals surface area (Å²) in [4.78, 5) is 4.87. The fraction of sp³-hybridized carbons (Fsp3) is 0.167. The van der Waals surface area contributed by atoms with Crippen molar-refractivity contribution in [1.29, 1.82) is 0 Å².